The Labute approximate surface area is 215 Å². The minimum Gasteiger partial charge on any atom is -0.851 e. The van der Waals surface area contributed by atoms with Crippen LogP contribution in [0.5, 0.6) is 0 Å². The molecule has 0 aromatic heterocycles. The molecule has 9 heteroatoms. The van der Waals surface area contributed by atoms with Crippen molar-refractivity contribution in [3.05, 3.63) is 0 Å². The van der Waals surface area contributed by atoms with Crippen LogP contribution in [0.2, 0.25) is 0 Å². The number of nitrogens with zero attached hydrogens (tertiary/aromatic N) is 4. The summed E-state index contributed by atoms with van der Waals surface area (Å²) in [5.41, 5.74) is 0. The van der Waals surface area contributed by atoms with Crippen LogP contribution < -0.4 is 20.4 Å². The van der Waals surface area contributed by atoms with Gasteiger partial charge in [-0.1, -0.05) is 27.7 Å². The van der Waals surface area contributed by atoms with Crippen LogP contribution in [-0.2, 0) is 0 Å². The van der Waals surface area contributed by atoms with E-state index in [2.05, 4.69) is 0 Å². The Balaban J connectivity index is -0.0000000873. The second-order valence-electron chi connectivity index (χ2n) is 8.29. The molecule has 0 heterocycles. The van der Waals surface area contributed by atoms with Gasteiger partial charge in [0, 0.05) is 0 Å². The van der Waals surface area contributed by atoms with E-state index in [1.54, 1.807) is 27.7 Å². The summed E-state index contributed by atoms with van der Waals surface area (Å²) in [6.45, 7) is 9.22. The third-order valence-corrected chi connectivity index (χ3v) is 2.49. The van der Waals surface area contributed by atoms with Crippen molar-refractivity contribution in [2.45, 2.75) is 52.1 Å². The topological polar surface area (TPSA) is 105 Å². The first-order valence-corrected chi connectivity index (χ1v) is 9.73. The molecule has 4 atom stereocenters. The summed E-state index contributed by atoms with van der Waals surface area (Å²) in [5.74, 6) is 0. The zero-order chi connectivity index (χ0) is 23.4. The van der Waals surface area contributed by atoms with E-state index in [1.165, 1.54) is 0 Å². The minimum absolute atomic E-state index is 0. The van der Waals surface area contributed by atoms with Gasteiger partial charge in [-0.05, 0) is 82.6 Å². The molecule has 0 aliphatic heterocycles. The Morgan fingerprint density at radius 1 is 0.414 bits per heavy atom. The first-order valence-electron chi connectivity index (χ1n) is 9.73. The summed E-state index contributed by atoms with van der Waals surface area (Å²) in [6, 6.07) is 0. The molecular weight excluding hydrogens is 500 g/mol. The molecule has 0 spiro atoms. The van der Waals surface area contributed by atoms with Gasteiger partial charge in [-0.2, -0.15) is 0 Å². The summed E-state index contributed by atoms with van der Waals surface area (Å²) >= 11 is 0. The molecule has 0 saturated carbocycles. The van der Waals surface area contributed by atoms with Gasteiger partial charge in [-0.3, -0.25) is 0 Å². The van der Waals surface area contributed by atoms with E-state index in [4.69, 9.17) is 0 Å². The molecule has 0 N–H and O–H groups in total. The second kappa shape index (κ2) is 27.1. The summed E-state index contributed by atoms with van der Waals surface area (Å²) in [4.78, 5) is 7.55. The van der Waals surface area contributed by atoms with Crippen molar-refractivity contribution in [1.29, 1.82) is 0 Å². The molecule has 0 saturated heterocycles. The quantitative estimate of drug-likeness (QED) is 0.320. The maximum absolute atomic E-state index is 10.3. The molecule has 0 amide bonds. The zero-order valence-corrected chi connectivity index (χ0v) is 24.2. The van der Waals surface area contributed by atoms with Crippen LogP contribution >= 0.6 is 0 Å². The van der Waals surface area contributed by atoms with Crippen LogP contribution in [0.1, 0.15) is 27.7 Å². The summed E-state index contributed by atoms with van der Waals surface area (Å²) in [7, 11) is 15.2. The van der Waals surface area contributed by atoms with Gasteiger partial charge in [0.05, 0.1) is 0 Å². The van der Waals surface area contributed by atoms with E-state index in [1.807, 2.05) is 76.0 Å². The standard InChI is InChI=1S/4C5H12NO.Ce/c4*1-5(7)4-6(2)3;/h4*5H,4H2,1-3H3;/q4*-1;+4/t4*5-;/m1100./s1. The summed E-state index contributed by atoms with van der Waals surface area (Å²) in [5, 5.41) is 41.2. The minimum atomic E-state index is -0.449. The second-order valence-corrected chi connectivity index (χ2v) is 8.29. The predicted octanol–water partition coefficient (Wildman–Crippen LogP) is -2.81. The van der Waals surface area contributed by atoms with Gasteiger partial charge in [0.25, 0.3) is 0 Å². The van der Waals surface area contributed by atoms with Gasteiger partial charge >= 0.3 is 41.7 Å². The van der Waals surface area contributed by atoms with E-state index in [9.17, 15) is 20.4 Å². The number of hydrogen-bond donors (Lipinski definition) is 0. The molecule has 8 nitrogen and oxygen atoms in total. The van der Waals surface area contributed by atoms with Crippen molar-refractivity contribution in [3.63, 3.8) is 0 Å². The Morgan fingerprint density at radius 2 is 0.517 bits per heavy atom. The van der Waals surface area contributed by atoms with Crippen LogP contribution in [0, 0.1) is 41.7 Å². The first kappa shape index (κ1) is 40.4. The van der Waals surface area contributed by atoms with Crippen molar-refractivity contribution in [2.24, 2.45) is 0 Å². The smallest absolute Gasteiger partial charge is 0.851 e. The molecular formula is C20H48CeN4O4. The Morgan fingerprint density at radius 3 is 0.517 bits per heavy atom. The molecule has 0 aromatic carbocycles. The van der Waals surface area contributed by atoms with Crippen molar-refractivity contribution in [3.8, 4) is 0 Å². The third kappa shape index (κ3) is 73.1. The van der Waals surface area contributed by atoms with Crippen molar-refractivity contribution < 1.29 is 62.2 Å². The van der Waals surface area contributed by atoms with Crippen molar-refractivity contribution in [2.75, 3.05) is 82.6 Å². The normalized spacial score (nSPS) is 14.5. The maximum Gasteiger partial charge on any atom is 4.00 e. The fourth-order valence-electron chi connectivity index (χ4n) is 2.06. The van der Waals surface area contributed by atoms with Gasteiger partial charge in [-0.25, -0.2) is 0 Å². The number of rotatable bonds is 8. The zero-order valence-electron chi connectivity index (χ0n) is 21.1. The predicted molar refractivity (Wildman–Crippen MR) is 112 cm³/mol. The maximum atomic E-state index is 10.3. The van der Waals surface area contributed by atoms with E-state index in [-0.39, 0.29) is 41.7 Å². The van der Waals surface area contributed by atoms with E-state index in [0.29, 0.717) is 26.2 Å². The molecule has 0 aliphatic carbocycles. The molecule has 29 heavy (non-hydrogen) atoms. The molecule has 0 aliphatic rings. The van der Waals surface area contributed by atoms with Crippen LogP contribution in [-0.4, -0.2) is 127 Å². The number of likely N-dealkylation sites (N-methyl/N-ethyl adjacent to an activating group) is 4. The van der Waals surface area contributed by atoms with E-state index >= 15 is 0 Å². The molecule has 176 valence electrons. The fourth-order valence-corrected chi connectivity index (χ4v) is 2.06. The Kier molecular flexibility index (Phi) is 37.8. The van der Waals surface area contributed by atoms with Crippen LogP contribution in [0.15, 0.2) is 0 Å². The van der Waals surface area contributed by atoms with Gasteiger partial charge in [-0.15, -0.1) is 24.4 Å². The van der Waals surface area contributed by atoms with Gasteiger partial charge < -0.3 is 40.0 Å². The van der Waals surface area contributed by atoms with Crippen LogP contribution in [0.4, 0.5) is 0 Å². The van der Waals surface area contributed by atoms with Gasteiger partial charge in [0.15, 0.2) is 0 Å². The summed E-state index contributed by atoms with van der Waals surface area (Å²) in [6.07, 6.45) is -1.80. The Hall–Kier alpha value is 1.06. The van der Waals surface area contributed by atoms with Crippen molar-refractivity contribution in [1.82, 2.24) is 19.6 Å². The summed E-state index contributed by atoms with van der Waals surface area (Å²) < 4.78 is 0. The largest absolute Gasteiger partial charge is 4.00 e. The number of hydrogen-bond acceptors (Lipinski definition) is 8. The molecule has 0 radical (unpaired) electrons. The van der Waals surface area contributed by atoms with Gasteiger partial charge in [0.2, 0.25) is 0 Å². The monoisotopic (exact) mass is 548 g/mol. The molecule has 0 fully saturated rings. The average Bonchev–Trinajstić information content (AvgIpc) is 2.32. The van der Waals surface area contributed by atoms with Crippen molar-refractivity contribution >= 4 is 0 Å². The van der Waals surface area contributed by atoms with E-state index < -0.39 is 24.4 Å². The molecule has 0 unspecified atom stereocenters. The molecule has 0 bridgehead atoms. The third-order valence-electron chi connectivity index (χ3n) is 2.49. The van der Waals surface area contributed by atoms with Gasteiger partial charge in [0.1, 0.15) is 0 Å². The Bertz CT molecular complexity index is 212. The van der Waals surface area contributed by atoms with E-state index in [0.717, 1.165) is 0 Å². The van der Waals surface area contributed by atoms with Crippen LogP contribution in [0.3, 0.4) is 0 Å². The molecule has 0 aromatic rings. The molecule has 0 rings (SSSR count). The first-order chi connectivity index (χ1) is 12.5. The van der Waals surface area contributed by atoms with Crippen LogP contribution in [0.25, 0.3) is 0 Å². The fraction of sp³-hybridized carbons (Fsp3) is 1.00. The SMILES string of the molecule is C[C@@H]([O-])CN(C)C.C[C@@H]([O-])CN(C)C.C[C@H]([O-])CN(C)C.C[C@H]([O-])CN(C)C.[Ce+4]. The average molecular weight is 549 g/mol.